The van der Waals surface area contributed by atoms with Crippen molar-refractivity contribution in [3.63, 3.8) is 0 Å². The monoisotopic (exact) mass is 410 g/mol. The summed E-state index contributed by atoms with van der Waals surface area (Å²) in [4.78, 5) is 25.9. The lowest BCUT2D eigenvalue weighted by Crippen LogP contribution is -2.32. The van der Waals surface area contributed by atoms with Crippen LogP contribution in [-0.2, 0) is 9.59 Å². The first kappa shape index (κ1) is 16.1. The molecule has 0 unspecified atom stereocenters. The minimum atomic E-state index is -0.566. The first-order valence-electron chi connectivity index (χ1n) is 6.54. The number of nitrogens with zero attached hydrogens (tertiary/aromatic N) is 1. The molecule has 7 heteroatoms. The van der Waals surface area contributed by atoms with E-state index in [1.54, 1.807) is 48.5 Å². The van der Waals surface area contributed by atoms with Crippen molar-refractivity contribution in [2.45, 2.75) is 0 Å². The average molecular weight is 412 g/mol. The van der Waals surface area contributed by atoms with Gasteiger partial charge < -0.3 is 5.32 Å². The molecule has 2 aromatic carbocycles. The zero-order chi connectivity index (χ0) is 16.6. The number of amides is 2. The van der Waals surface area contributed by atoms with E-state index in [1.807, 2.05) is 0 Å². The highest BCUT2D eigenvalue weighted by Gasteiger charge is 2.38. The van der Waals surface area contributed by atoms with Crippen molar-refractivity contribution in [2.75, 3.05) is 10.2 Å². The van der Waals surface area contributed by atoms with Gasteiger partial charge in [-0.05, 0) is 42.5 Å². The van der Waals surface area contributed by atoms with Gasteiger partial charge in [0.15, 0.2) is 0 Å². The molecule has 116 valence electrons. The number of rotatable bonds is 3. The minimum absolute atomic E-state index is 0.0295. The van der Waals surface area contributed by atoms with Crippen LogP contribution in [0.1, 0.15) is 0 Å². The summed E-state index contributed by atoms with van der Waals surface area (Å²) in [6.45, 7) is 0. The number of hydrogen-bond donors (Lipinski definition) is 1. The van der Waals surface area contributed by atoms with Crippen LogP contribution in [-0.4, -0.2) is 11.8 Å². The molecule has 0 fully saturated rings. The number of hydrogen-bond acceptors (Lipinski definition) is 3. The molecule has 0 aromatic heterocycles. The lowest BCUT2D eigenvalue weighted by Gasteiger charge is -2.15. The maximum atomic E-state index is 12.6. The zero-order valence-electron chi connectivity index (χ0n) is 11.5. The summed E-state index contributed by atoms with van der Waals surface area (Å²) >= 11 is 15.3. The molecule has 0 radical (unpaired) electrons. The third kappa shape index (κ3) is 3.13. The van der Waals surface area contributed by atoms with Gasteiger partial charge in [-0.15, -0.1) is 0 Å². The second-order valence-electron chi connectivity index (χ2n) is 4.75. The van der Waals surface area contributed by atoms with Crippen LogP contribution in [0.25, 0.3) is 0 Å². The Labute approximate surface area is 150 Å². The molecule has 1 N–H and O–H groups in total. The van der Waals surface area contributed by atoms with Gasteiger partial charge in [0.05, 0.1) is 5.69 Å². The third-order valence-electron chi connectivity index (χ3n) is 3.21. The SMILES string of the molecule is O=C1C(Cl)=C(Nc2cccc(Cl)c2)C(=O)N1c1ccc(Br)cc1. The Bertz CT molecular complexity index is 834. The van der Waals surface area contributed by atoms with E-state index in [0.717, 1.165) is 9.37 Å². The molecule has 2 aromatic rings. The van der Waals surface area contributed by atoms with Crippen LogP contribution in [0.3, 0.4) is 0 Å². The standard InChI is InChI=1S/C16H9BrCl2N2O2/c17-9-4-6-12(7-5-9)21-15(22)13(19)14(16(21)23)20-11-3-1-2-10(18)8-11/h1-8,20H. The van der Waals surface area contributed by atoms with Crippen LogP contribution in [0.5, 0.6) is 0 Å². The molecule has 1 aliphatic rings. The molecule has 0 spiro atoms. The van der Waals surface area contributed by atoms with E-state index >= 15 is 0 Å². The van der Waals surface area contributed by atoms with Crippen LogP contribution in [0.15, 0.2) is 63.7 Å². The first-order valence-corrected chi connectivity index (χ1v) is 8.09. The van der Waals surface area contributed by atoms with Gasteiger partial charge in [-0.2, -0.15) is 0 Å². The van der Waals surface area contributed by atoms with Crippen molar-refractivity contribution in [1.82, 2.24) is 0 Å². The molecule has 2 amide bonds. The topological polar surface area (TPSA) is 49.4 Å². The molecule has 23 heavy (non-hydrogen) atoms. The van der Waals surface area contributed by atoms with Gasteiger partial charge in [0.1, 0.15) is 10.7 Å². The molecule has 0 bridgehead atoms. The first-order chi connectivity index (χ1) is 11.0. The number of halogens is 3. The Morgan fingerprint density at radius 3 is 2.30 bits per heavy atom. The van der Waals surface area contributed by atoms with Gasteiger partial charge in [-0.25, -0.2) is 4.90 Å². The Morgan fingerprint density at radius 2 is 1.65 bits per heavy atom. The fourth-order valence-electron chi connectivity index (χ4n) is 2.15. The molecular formula is C16H9BrCl2N2O2. The summed E-state index contributed by atoms with van der Waals surface area (Å²) in [5.41, 5.74) is 1.05. The van der Waals surface area contributed by atoms with Crippen LogP contribution < -0.4 is 10.2 Å². The third-order valence-corrected chi connectivity index (χ3v) is 4.32. The largest absolute Gasteiger partial charge is 0.350 e. The maximum absolute atomic E-state index is 12.6. The number of carbonyl (C=O) groups excluding carboxylic acids is 2. The summed E-state index contributed by atoms with van der Waals surface area (Å²) in [5, 5.41) is 3.22. The number of anilines is 2. The molecular weight excluding hydrogens is 403 g/mol. The van der Waals surface area contributed by atoms with E-state index in [4.69, 9.17) is 23.2 Å². The second kappa shape index (κ2) is 6.35. The normalized spacial score (nSPS) is 14.7. The highest BCUT2D eigenvalue weighted by atomic mass is 79.9. The van der Waals surface area contributed by atoms with Crippen LogP contribution in [0, 0.1) is 0 Å². The fraction of sp³-hybridized carbons (Fsp3) is 0. The number of imide groups is 1. The van der Waals surface area contributed by atoms with Crippen LogP contribution in [0.2, 0.25) is 5.02 Å². The van der Waals surface area contributed by atoms with Gasteiger partial charge in [0.25, 0.3) is 11.8 Å². The number of benzene rings is 2. The van der Waals surface area contributed by atoms with Gasteiger partial charge in [0, 0.05) is 15.2 Å². The zero-order valence-corrected chi connectivity index (χ0v) is 14.6. The molecule has 0 saturated carbocycles. The van der Waals surface area contributed by atoms with E-state index < -0.39 is 11.8 Å². The van der Waals surface area contributed by atoms with Gasteiger partial charge >= 0.3 is 0 Å². The molecule has 1 heterocycles. The van der Waals surface area contributed by atoms with E-state index in [-0.39, 0.29) is 10.7 Å². The predicted molar refractivity (Wildman–Crippen MR) is 94.6 cm³/mol. The molecule has 0 atom stereocenters. The lowest BCUT2D eigenvalue weighted by molar-refractivity contribution is -0.120. The van der Waals surface area contributed by atoms with Crippen LogP contribution in [0.4, 0.5) is 11.4 Å². The van der Waals surface area contributed by atoms with Crippen molar-refractivity contribution in [3.05, 3.63) is 68.8 Å². The van der Waals surface area contributed by atoms with E-state index in [2.05, 4.69) is 21.2 Å². The molecule has 0 saturated heterocycles. The number of nitrogens with one attached hydrogen (secondary N) is 1. The van der Waals surface area contributed by atoms with Crippen molar-refractivity contribution >= 4 is 62.3 Å². The van der Waals surface area contributed by atoms with Crippen molar-refractivity contribution in [1.29, 1.82) is 0 Å². The molecule has 1 aliphatic heterocycles. The second-order valence-corrected chi connectivity index (χ2v) is 6.48. The summed E-state index contributed by atoms with van der Waals surface area (Å²) < 4.78 is 0.844. The fourth-order valence-corrected chi connectivity index (χ4v) is 2.81. The summed E-state index contributed by atoms with van der Waals surface area (Å²) in [7, 11) is 0. The Morgan fingerprint density at radius 1 is 0.957 bits per heavy atom. The minimum Gasteiger partial charge on any atom is -0.350 e. The van der Waals surface area contributed by atoms with E-state index in [0.29, 0.717) is 16.4 Å². The summed E-state index contributed by atoms with van der Waals surface area (Å²) in [6, 6.07) is 13.6. The van der Waals surface area contributed by atoms with Crippen molar-refractivity contribution < 1.29 is 9.59 Å². The molecule has 0 aliphatic carbocycles. The Balaban J connectivity index is 1.91. The summed E-state index contributed by atoms with van der Waals surface area (Å²) in [6.07, 6.45) is 0. The van der Waals surface area contributed by atoms with E-state index in [1.165, 1.54) is 0 Å². The van der Waals surface area contributed by atoms with E-state index in [9.17, 15) is 9.59 Å². The molecule has 4 nitrogen and oxygen atoms in total. The van der Waals surface area contributed by atoms with Crippen molar-refractivity contribution in [2.24, 2.45) is 0 Å². The number of carbonyl (C=O) groups is 2. The maximum Gasteiger partial charge on any atom is 0.283 e. The smallest absolute Gasteiger partial charge is 0.283 e. The quantitative estimate of drug-likeness (QED) is 0.754. The Kier molecular flexibility index (Phi) is 4.43. The van der Waals surface area contributed by atoms with Crippen molar-refractivity contribution in [3.8, 4) is 0 Å². The van der Waals surface area contributed by atoms with Gasteiger partial charge in [0.2, 0.25) is 0 Å². The van der Waals surface area contributed by atoms with Gasteiger partial charge in [-0.1, -0.05) is 45.2 Å². The predicted octanol–water partition coefficient (Wildman–Crippen LogP) is 4.54. The highest BCUT2D eigenvalue weighted by molar-refractivity contribution is 9.10. The Hall–Kier alpha value is -1.82. The summed E-state index contributed by atoms with van der Waals surface area (Å²) in [5.74, 6) is -1.08. The van der Waals surface area contributed by atoms with Crippen LogP contribution >= 0.6 is 39.1 Å². The lowest BCUT2D eigenvalue weighted by atomic mass is 10.3. The highest BCUT2D eigenvalue weighted by Crippen LogP contribution is 2.31. The molecule has 3 rings (SSSR count). The average Bonchev–Trinajstić information content (AvgIpc) is 2.73. The van der Waals surface area contributed by atoms with Gasteiger partial charge in [-0.3, -0.25) is 9.59 Å².